The molecule has 0 spiro atoms. The number of hydrogen-bond acceptors (Lipinski definition) is 5. The van der Waals surface area contributed by atoms with Crippen LogP contribution in [0.25, 0.3) is 0 Å². The third kappa shape index (κ3) is 4.34. The minimum Gasteiger partial charge on any atom is -0.465 e. The average molecular weight is 426 g/mol. The van der Waals surface area contributed by atoms with Crippen molar-refractivity contribution in [2.75, 3.05) is 20.2 Å². The molecule has 8 heteroatoms. The Kier molecular flexibility index (Phi) is 6.19. The van der Waals surface area contributed by atoms with E-state index in [4.69, 9.17) is 23.2 Å². The summed E-state index contributed by atoms with van der Waals surface area (Å²) in [6.07, 6.45) is 1.17. The maximum atomic E-state index is 12.7. The van der Waals surface area contributed by atoms with E-state index < -0.39 is 5.97 Å². The smallest absolute Gasteiger partial charge is 0.348 e. The molecule has 0 bridgehead atoms. The molecule has 3 rings (SSSR count). The summed E-state index contributed by atoms with van der Waals surface area (Å²) in [4.78, 5) is 39.4. The number of Topliss-reactive ketones (excluding diaryl/α,β-unsaturated/α-hetero) is 1. The van der Waals surface area contributed by atoms with Gasteiger partial charge in [0.25, 0.3) is 5.91 Å². The van der Waals surface area contributed by atoms with Gasteiger partial charge in [-0.05, 0) is 43.2 Å². The van der Waals surface area contributed by atoms with E-state index in [1.165, 1.54) is 7.11 Å². The first kappa shape index (κ1) is 19.9. The summed E-state index contributed by atoms with van der Waals surface area (Å²) in [6.45, 7) is 0.976. The Morgan fingerprint density at radius 3 is 2.33 bits per heavy atom. The molecule has 0 radical (unpaired) electrons. The number of thiophene rings is 1. The van der Waals surface area contributed by atoms with Gasteiger partial charge in [-0.15, -0.1) is 11.3 Å². The van der Waals surface area contributed by atoms with Crippen LogP contribution >= 0.6 is 34.5 Å². The monoisotopic (exact) mass is 425 g/mol. The Bertz CT molecular complexity index is 888. The van der Waals surface area contributed by atoms with Crippen molar-refractivity contribution in [3.63, 3.8) is 0 Å². The van der Waals surface area contributed by atoms with Crippen LogP contribution < -0.4 is 0 Å². The third-order valence-corrected chi connectivity index (χ3v) is 6.35. The van der Waals surface area contributed by atoms with Gasteiger partial charge >= 0.3 is 5.97 Å². The van der Waals surface area contributed by atoms with E-state index in [0.29, 0.717) is 51.3 Å². The molecule has 0 aliphatic carbocycles. The van der Waals surface area contributed by atoms with Crippen molar-refractivity contribution in [1.82, 2.24) is 4.90 Å². The Labute approximate surface area is 170 Å². The molecule has 1 aliphatic heterocycles. The van der Waals surface area contributed by atoms with Crippen LogP contribution in [0.5, 0.6) is 0 Å². The number of benzene rings is 1. The number of carbonyl (C=O) groups excluding carboxylic acids is 3. The molecule has 1 saturated heterocycles. The zero-order valence-corrected chi connectivity index (χ0v) is 16.9. The fourth-order valence-corrected chi connectivity index (χ4v) is 4.24. The van der Waals surface area contributed by atoms with E-state index in [9.17, 15) is 14.4 Å². The topological polar surface area (TPSA) is 63.7 Å². The molecule has 0 unspecified atom stereocenters. The zero-order chi connectivity index (χ0) is 19.6. The first-order valence-corrected chi connectivity index (χ1v) is 9.94. The van der Waals surface area contributed by atoms with Crippen LogP contribution in [-0.4, -0.2) is 42.8 Å². The van der Waals surface area contributed by atoms with Crippen molar-refractivity contribution >= 4 is 52.2 Å². The number of likely N-dealkylation sites (tertiary alicyclic amines) is 1. The molecule has 27 heavy (non-hydrogen) atoms. The highest BCUT2D eigenvalue weighted by molar-refractivity contribution is 7.15. The van der Waals surface area contributed by atoms with Crippen LogP contribution in [0.1, 0.15) is 42.5 Å². The van der Waals surface area contributed by atoms with E-state index >= 15 is 0 Å². The number of piperidine rings is 1. The highest BCUT2D eigenvalue weighted by Crippen LogP contribution is 2.28. The summed E-state index contributed by atoms with van der Waals surface area (Å²) in [5, 5.41) is 0.769. The molecule has 0 N–H and O–H groups in total. The summed E-state index contributed by atoms with van der Waals surface area (Å²) in [7, 11) is 1.30. The Morgan fingerprint density at radius 2 is 1.70 bits per heavy atom. The lowest BCUT2D eigenvalue weighted by atomic mass is 9.89. The standard InChI is InChI=1S/C19H17Cl2NO4S/c1-26-19(25)16-5-4-15(27-16)18(24)22-8-6-11(7-9-22)17(23)12-2-3-13(20)14(21)10-12/h2-5,10-11H,6-9H2,1H3. The van der Waals surface area contributed by atoms with Crippen molar-refractivity contribution in [3.05, 3.63) is 55.7 Å². The minimum atomic E-state index is -0.454. The highest BCUT2D eigenvalue weighted by Gasteiger charge is 2.29. The van der Waals surface area contributed by atoms with Gasteiger partial charge in [0.15, 0.2) is 5.78 Å². The number of amides is 1. The normalized spacial score (nSPS) is 14.9. The van der Waals surface area contributed by atoms with Gasteiger partial charge < -0.3 is 9.64 Å². The van der Waals surface area contributed by atoms with Gasteiger partial charge in [0.2, 0.25) is 0 Å². The van der Waals surface area contributed by atoms with Crippen molar-refractivity contribution in [2.24, 2.45) is 5.92 Å². The number of rotatable bonds is 4. The minimum absolute atomic E-state index is 0.0183. The van der Waals surface area contributed by atoms with Gasteiger partial charge in [0.05, 0.1) is 22.0 Å². The van der Waals surface area contributed by atoms with Gasteiger partial charge in [-0.1, -0.05) is 23.2 Å². The average Bonchev–Trinajstić information content (AvgIpc) is 3.18. The quantitative estimate of drug-likeness (QED) is 0.531. The third-order valence-electron chi connectivity index (χ3n) is 4.56. The number of nitrogens with zero attached hydrogens (tertiary/aromatic N) is 1. The van der Waals surface area contributed by atoms with Crippen LogP contribution in [0.4, 0.5) is 0 Å². The van der Waals surface area contributed by atoms with Crippen LogP contribution in [0.15, 0.2) is 30.3 Å². The SMILES string of the molecule is COC(=O)c1ccc(C(=O)N2CCC(C(=O)c3ccc(Cl)c(Cl)c3)CC2)s1. The number of carbonyl (C=O) groups is 3. The Balaban J connectivity index is 1.62. The second kappa shape index (κ2) is 8.42. The van der Waals surface area contributed by atoms with Crippen molar-refractivity contribution in [2.45, 2.75) is 12.8 Å². The van der Waals surface area contributed by atoms with Crippen LogP contribution in [0, 0.1) is 5.92 Å². The van der Waals surface area contributed by atoms with Crippen molar-refractivity contribution < 1.29 is 19.1 Å². The van der Waals surface area contributed by atoms with Gasteiger partial charge in [-0.25, -0.2) is 4.79 Å². The van der Waals surface area contributed by atoms with Crippen molar-refractivity contribution in [3.8, 4) is 0 Å². The molecular formula is C19H17Cl2NO4S. The molecule has 142 valence electrons. The fraction of sp³-hybridized carbons (Fsp3) is 0.316. The van der Waals surface area contributed by atoms with E-state index in [0.717, 1.165) is 11.3 Å². The molecule has 5 nitrogen and oxygen atoms in total. The van der Waals surface area contributed by atoms with Crippen molar-refractivity contribution in [1.29, 1.82) is 0 Å². The van der Waals surface area contributed by atoms with Gasteiger partial charge in [-0.2, -0.15) is 0 Å². The molecule has 1 amide bonds. The van der Waals surface area contributed by atoms with E-state index in [2.05, 4.69) is 4.74 Å². The number of esters is 1. The molecular weight excluding hydrogens is 409 g/mol. The van der Waals surface area contributed by atoms with E-state index in [-0.39, 0.29) is 17.6 Å². The summed E-state index contributed by atoms with van der Waals surface area (Å²) in [5.41, 5.74) is 0.537. The molecule has 1 aromatic heterocycles. The van der Waals surface area contributed by atoms with Crippen LogP contribution in [-0.2, 0) is 4.74 Å². The largest absolute Gasteiger partial charge is 0.465 e. The number of ether oxygens (including phenoxy) is 1. The van der Waals surface area contributed by atoms with Gasteiger partial charge in [0.1, 0.15) is 4.88 Å². The summed E-state index contributed by atoms with van der Waals surface area (Å²) >= 11 is 13.0. The lowest BCUT2D eigenvalue weighted by Crippen LogP contribution is -2.40. The molecule has 1 fully saturated rings. The maximum absolute atomic E-state index is 12.7. The van der Waals surface area contributed by atoms with Crippen LogP contribution in [0.2, 0.25) is 10.0 Å². The highest BCUT2D eigenvalue weighted by atomic mass is 35.5. The number of methoxy groups -OCH3 is 1. The summed E-state index contributed by atoms with van der Waals surface area (Å²) in [6, 6.07) is 8.10. The predicted molar refractivity (Wildman–Crippen MR) is 105 cm³/mol. The second-order valence-electron chi connectivity index (χ2n) is 6.22. The summed E-state index contributed by atoms with van der Waals surface area (Å²) < 4.78 is 4.66. The Morgan fingerprint density at radius 1 is 1.04 bits per heavy atom. The van der Waals surface area contributed by atoms with E-state index in [1.807, 2.05) is 0 Å². The molecule has 2 aromatic rings. The van der Waals surface area contributed by atoms with Crippen LogP contribution in [0.3, 0.4) is 0 Å². The lowest BCUT2D eigenvalue weighted by Gasteiger charge is -2.31. The molecule has 2 heterocycles. The second-order valence-corrected chi connectivity index (χ2v) is 8.11. The molecule has 0 atom stereocenters. The number of ketones is 1. The lowest BCUT2D eigenvalue weighted by molar-refractivity contribution is 0.0606. The molecule has 1 aromatic carbocycles. The Hall–Kier alpha value is -1.89. The fourth-order valence-electron chi connectivity index (χ4n) is 3.05. The first-order valence-electron chi connectivity index (χ1n) is 8.37. The zero-order valence-electron chi connectivity index (χ0n) is 14.5. The number of halogens is 2. The number of hydrogen-bond donors (Lipinski definition) is 0. The molecule has 1 aliphatic rings. The summed E-state index contributed by atoms with van der Waals surface area (Å²) in [5.74, 6) is -0.717. The van der Waals surface area contributed by atoms with E-state index in [1.54, 1.807) is 35.2 Å². The molecule has 0 saturated carbocycles. The maximum Gasteiger partial charge on any atom is 0.348 e. The first-order chi connectivity index (χ1) is 12.9. The predicted octanol–water partition coefficient (Wildman–Crippen LogP) is 4.58. The van der Waals surface area contributed by atoms with Gasteiger partial charge in [0, 0.05) is 24.6 Å². The van der Waals surface area contributed by atoms with Gasteiger partial charge in [-0.3, -0.25) is 9.59 Å².